The first kappa shape index (κ1) is 17.0. The lowest BCUT2D eigenvalue weighted by Gasteiger charge is -2.26. The molecule has 0 spiro atoms. The number of aromatic nitrogens is 2. The van der Waals surface area contributed by atoms with E-state index in [9.17, 15) is 9.59 Å². The van der Waals surface area contributed by atoms with Crippen molar-refractivity contribution in [2.75, 3.05) is 13.2 Å². The first-order valence-corrected chi connectivity index (χ1v) is 7.92. The normalized spacial score (nSPS) is 13.4. The topological polar surface area (TPSA) is 93.9 Å². The van der Waals surface area contributed by atoms with Gasteiger partial charge >= 0.3 is 12.1 Å². The fourth-order valence-corrected chi connectivity index (χ4v) is 2.61. The van der Waals surface area contributed by atoms with E-state index < -0.39 is 5.97 Å². The van der Waals surface area contributed by atoms with E-state index in [0.717, 1.165) is 11.3 Å². The van der Waals surface area contributed by atoms with Crippen LogP contribution in [0.2, 0.25) is 0 Å². The monoisotopic (exact) mass is 345 g/mol. The zero-order chi connectivity index (χ0) is 17.6. The lowest BCUT2D eigenvalue weighted by molar-refractivity contribution is -0.142. The third kappa shape index (κ3) is 4.57. The average molecular weight is 345 g/mol. The summed E-state index contributed by atoms with van der Waals surface area (Å²) in [6.45, 7) is 1.49. The minimum atomic E-state index is -1.02. The highest BCUT2D eigenvalue weighted by atomic mass is 16.6. The van der Waals surface area contributed by atoms with Crippen LogP contribution in [0, 0.1) is 0 Å². The molecule has 1 aliphatic rings. The summed E-state index contributed by atoms with van der Waals surface area (Å²) in [5.74, 6) is -1.02. The summed E-state index contributed by atoms with van der Waals surface area (Å²) in [7, 11) is 0. The minimum absolute atomic E-state index is 0.130. The number of ether oxygens (including phenoxy) is 2. The van der Waals surface area contributed by atoms with Crippen LogP contribution in [-0.2, 0) is 40.6 Å². The van der Waals surface area contributed by atoms with E-state index in [1.54, 1.807) is 9.58 Å². The Hall–Kier alpha value is -2.87. The number of rotatable bonds is 6. The Morgan fingerprint density at radius 2 is 1.96 bits per heavy atom. The average Bonchev–Trinajstić information content (AvgIpc) is 3.02. The first-order chi connectivity index (χ1) is 12.1. The van der Waals surface area contributed by atoms with Crippen LogP contribution < -0.4 is 0 Å². The molecule has 1 amide bonds. The van der Waals surface area contributed by atoms with Crippen LogP contribution in [0.3, 0.4) is 0 Å². The molecular formula is C17H19N3O5. The number of aliphatic carboxylic acids is 1. The number of hydrogen-bond donors (Lipinski definition) is 1. The van der Waals surface area contributed by atoms with Crippen molar-refractivity contribution in [3.63, 3.8) is 0 Å². The Morgan fingerprint density at radius 1 is 1.16 bits per heavy atom. The van der Waals surface area contributed by atoms with E-state index in [4.69, 9.17) is 14.6 Å². The lowest BCUT2D eigenvalue weighted by atomic mass is 10.2. The number of hydrogen-bond acceptors (Lipinski definition) is 5. The first-order valence-electron chi connectivity index (χ1n) is 7.92. The molecule has 8 nitrogen and oxygen atoms in total. The quantitative estimate of drug-likeness (QED) is 0.855. The number of nitrogens with zero attached hydrogens (tertiary/aromatic N) is 3. The van der Waals surface area contributed by atoms with Gasteiger partial charge in [0.15, 0.2) is 0 Å². The SMILES string of the molecule is O=C(O)COCc1cc2n(n1)CCN(C(=O)OCc1ccccc1)C2. The van der Waals surface area contributed by atoms with Gasteiger partial charge in [-0.1, -0.05) is 30.3 Å². The molecule has 0 aliphatic carbocycles. The fraction of sp³-hybridized carbons (Fsp3) is 0.353. The van der Waals surface area contributed by atoms with E-state index in [0.29, 0.717) is 25.3 Å². The van der Waals surface area contributed by atoms with E-state index >= 15 is 0 Å². The van der Waals surface area contributed by atoms with Gasteiger partial charge in [0.2, 0.25) is 0 Å². The van der Waals surface area contributed by atoms with Crippen molar-refractivity contribution in [1.29, 1.82) is 0 Å². The van der Waals surface area contributed by atoms with E-state index in [1.165, 1.54) is 0 Å². The molecule has 0 radical (unpaired) electrons. The summed E-state index contributed by atoms with van der Waals surface area (Å²) in [5, 5.41) is 12.9. The minimum Gasteiger partial charge on any atom is -0.480 e. The van der Waals surface area contributed by atoms with Crippen molar-refractivity contribution in [3.8, 4) is 0 Å². The predicted molar refractivity (Wildman–Crippen MR) is 86.6 cm³/mol. The molecule has 0 atom stereocenters. The molecule has 1 N–H and O–H groups in total. The third-order valence-corrected chi connectivity index (χ3v) is 3.79. The molecule has 8 heteroatoms. The summed E-state index contributed by atoms with van der Waals surface area (Å²) >= 11 is 0. The molecule has 3 rings (SSSR count). The lowest BCUT2D eigenvalue weighted by Crippen LogP contribution is -2.38. The van der Waals surface area contributed by atoms with Gasteiger partial charge in [-0.15, -0.1) is 0 Å². The van der Waals surface area contributed by atoms with Gasteiger partial charge in [0.25, 0.3) is 0 Å². The van der Waals surface area contributed by atoms with Gasteiger partial charge in [-0.25, -0.2) is 9.59 Å². The molecule has 1 aliphatic heterocycles. The maximum Gasteiger partial charge on any atom is 0.410 e. The Kier molecular flexibility index (Phi) is 5.30. The van der Waals surface area contributed by atoms with E-state index in [1.807, 2.05) is 36.4 Å². The van der Waals surface area contributed by atoms with Crippen molar-refractivity contribution < 1.29 is 24.2 Å². The number of amides is 1. The Labute approximate surface area is 144 Å². The van der Waals surface area contributed by atoms with Gasteiger partial charge in [0.1, 0.15) is 13.2 Å². The number of carboxylic acid groups (broad SMARTS) is 1. The number of fused-ring (bicyclic) bond motifs is 1. The van der Waals surface area contributed by atoms with Crippen LogP contribution in [-0.4, -0.2) is 45.0 Å². The summed E-state index contributed by atoms with van der Waals surface area (Å²) in [4.78, 5) is 24.3. The Bertz CT molecular complexity index is 744. The third-order valence-electron chi connectivity index (χ3n) is 3.79. The maximum atomic E-state index is 12.2. The van der Waals surface area contributed by atoms with Crippen LogP contribution >= 0.6 is 0 Å². The molecule has 0 fully saturated rings. The molecular weight excluding hydrogens is 326 g/mol. The van der Waals surface area contributed by atoms with Crippen molar-refractivity contribution in [2.24, 2.45) is 0 Å². The Morgan fingerprint density at radius 3 is 2.72 bits per heavy atom. The number of benzene rings is 1. The van der Waals surface area contributed by atoms with Crippen molar-refractivity contribution in [2.45, 2.75) is 26.3 Å². The molecule has 2 heterocycles. The zero-order valence-electron chi connectivity index (χ0n) is 13.6. The summed E-state index contributed by atoms with van der Waals surface area (Å²) in [6.07, 6.45) is -0.361. The molecule has 0 unspecified atom stereocenters. The maximum absolute atomic E-state index is 12.2. The summed E-state index contributed by atoms with van der Waals surface area (Å²) in [5.41, 5.74) is 2.46. The molecule has 25 heavy (non-hydrogen) atoms. The molecule has 0 saturated carbocycles. The van der Waals surface area contributed by atoms with E-state index in [-0.39, 0.29) is 25.9 Å². The van der Waals surface area contributed by atoms with Crippen molar-refractivity contribution in [1.82, 2.24) is 14.7 Å². The Balaban J connectivity index is 1.52. The summed E-state index contributed by atoms with van der Waals surface area (Å²) in [6, 6.07) is 11.3. The summed E-state index contributed by atoms with van der Waals surface area (Å²) < 4.78 is 12.2. The predicted octanol–water partition coefficient (Wildman–Crippen LogP) is 1.64. The van der Waals surface area contributed by atoms with Crippen LogP contribution in [0.5, 0.6) is 0 Å². The highest BCUT2D eigenvalue weighted by Gasteiger charge is 2.23. The van der Waals surface area contributed by atoms with Gasteiger partial charge in [-0.05, 0) is 11.6 Å². The largest absolute Gasteiger partial charge is 0.480 e. The van der Waals surface area contributed by atoms with Crippen LogP contribution in [0.25, 0.3) is 0 Å². The van der Waals surface area contributed by atoms with Crippen LogP contribution in [0.1, 0.15) is 17.0 Å². The molecule has 0 saturated heterocycles. The van der Waals surface area contributed by atoms with Gasteiger partial charge in [0.05, 0.1) is 31.1 Å². The van der Waals surface area contributed by atoms with Gasteiger partial charge in [-0.2, -0.15) is 5.10 Å². The molecule has 1 aromatic carbocycles. The molecule has 1 aromatic heterocycles. The smallest absolute Gasteiger partial charge is 0.410 e. The fourth-order valence-electron chi connectivity index (χ4n) is 2.61. The second kappa shape index (κ2) is 7.80. The van der Waals surface area contributed by atoms with Crippen LogP contribution in [0.4, 0.5) is 4.79 Å². The second-order valence-corrected chi connectivity index (χ2v) is 5.70. The van der Waals surface area contributed by atoms with Crippen molar-refractivity contribution in [3.05, 3.63) is 53.3 Å². The van der Waals surface area contributed by atoms with Crippen molar-refractivity contribution >= 4 is 12.1 Å². The van der Waals surface area contributed by atoms with Gasteiger partial charge in [-0.3, -0.25) is 4.68 Å². The van der Waals surface area contributed by atoms with Gasteiger partial charge < -0.3 is 19.5 Å². The standard InChI is InChI=1S/C17H19N3O5/c21-16(22)12-24-11-14-8-15-9-19(6-7-20(15)18-14)17(23)25-10-13-4-2-1-3-5-13/h1-5,8H,6-7,9-12H2,(H,21,22). The number of carbonyl (C=O) groups excluding carboxylic acids is 1. The van der Waals surface area contributed by atoms with E-state index in [2.05, 4.69) is 5.10 Å². The zero-order valence-corrected chi connectivity index (χ0v) is 13.6. The number of carboxylic acids is 1. The molecule has 2 aromatic rings. The highest BCUT2D eigenvalue weighted by Crippen LogP contribution is 2.15. The van der Waals surface area contributed by atoms with Gasteiger partial charge in [0, 0.05) is 6.54 Å². The number of carbonyl (C=O) groups is 2. The highest BCUT2D eigenvalue weighted by molar-refractivity contribution is 5.68. The molecule has 0 bridgehead atoms. The molecule has 132 valence electrons. The van der Waals surface area contributed by atoms with Crippen LogP contribution in [0.15, 0.2) is 36.4 Å². The second-order valence-electron chi connectivity index (χ2n) is 5.70.